The van der Waals surface area contributed by atoms with Crippen LogP contribution in [0.3, 0.4) is 0 Å². The molecule has 0 bridgehead atoms. The van der Waals surface area contributed by atoms with Crippen LogP contribution in [0.2, 0.25) is 0 Å². The average molecular weight is 395 g/mol. The molecule has 1 aromatic heterocycles. The first-order valence-electron chi connectivity index (χ1n) is 9.27. The summed E-state index contributed by atoms with van der Waals surface area (Å²) in [5.41, 5.74) is 2.91. The lowest BCUT2D eigenvalue weighted by Crippen LogP contribution is -2.54. The number of carbonyl (C=O) groups is 3. The Hall–Kier alpha value is -3.55. The Labute approximate surface area is 167 Å². The first-order chi connectivity index (χ1) is 13.8. The number of benzene rings is 1. The number of carbonyl (C=O) groups excluding carboxylic acids is 3. The summed E-state index contributed by atoms with van der Waals surface area (Å²) in [5, 5.41) is 2.24. The van der Waals surface area contributed by atoms with Gasteiger partial charge in [-0.05, 0) is 57.5 Å². The lowest BCUT2D eigenvalue weighted by atomic mass is 10.1. The maximum absolute atomic E-state index is 13.1. The first-order valence-corrected chi connectivity index (χ1v) is 9.27. The van der Waals surface area contributed by atoms with Crippen molar-refractivity contribution in [2.45, 2.75) is 33.7 Å². The molecule has 0 aliphatic carbocycles. The number of aryl methyl sites for hydroxylation is 1. The molecule has 150 valence electrons. The van der Waals surface area contributed by atoms with E-state index in [0.29, 0.717) is 17.2 Å². The predicted octanol–water partition coefficient (Wildman–Crippen LogP) is 3.08. The number of hydrogen-bond donors (Lipinski definition) is 1. The topological polar surface area (TPSA) is 89.9 Å². The molecule has 0 unspecified atom stereocenters. The number of imide groups is 2. The summed E-state index contributed by atoms with van der Waals surface area (Å²) in [6.07, 6.45) is 1.53. The first kappa shape index (κ1) is 18.8. The summed E-state index contributed by atoms with van der Waals surface area (Å²) < 4.78 is 12.7. The molecular formula is C21H21N3O5. The largest absolute Gasteiger partial charge is 0.454 e. The highest BCUT2D eigenvalue weighted by Gasteiger charge is 2.37. The Morgan fingerprint density at radius 3 is 2.48 bits per heavy atom. The van der Waals surface area contributed by atoms with Crippen molar-refractivity contribution in [3.8, 4) is 11.5 Å². The Balaban J connectivity index is 1.74. The zero-order valence-electron chi connectivity index (χ0n) is 16.6. The van der Waals surface area contributed by atoms with E-state index in [4.69, 9.17) is 9.47 Å². The standard InChI is InChI=1S/C21H21N3O5/c1-11(2)23-12(3)7-14(13(23)4)8-16-19(25)22-21(27)24(20(16)26)15-5-6-17-18(9-15)29-10-28-17/h5-9,11H,10H2,1-4H3,(H,22,25,27)/b16-8+. The van der Waals surface area contributed by atoms with Gasteiger partial charge in [-0.2, -0.15) is 0 Å². The molecule has 4 rings (SSSR count). The second-order valence-electron chi connectivity index (χ2n) is 7.29. The van der Waals surface area contributed by atoms with E-state index in [1.807, 2.05) is 19.9 Å². The lowest BCUT2D eigenvalue weighted by Gasteiger charge is -2.26. The van der Waals surface area contributed by atoms with Crippen LogP contribution >= 0.6 is 0 Å². The van der Waals surface area contributed by atoms with Crippen molar-refractivity contribution in [3.63, 3.8) is 0 Å². The Morgan fingerprint density at radius 1 is 1.07 bits per heavy atom. The third-order valence-corrected chi connectivity index (χ3v) is 5.06. The van der Waals surface area contributed by atoms with Gasteiger partial charge in [0.2, 0.25) is 6.79 Å². The third-order valence-electron chi connectivity index (χ3n) is 5.06. The van der Waals surface area contributed by atoms with Crippen LogP contribution in [0.5, 0.6) is 11.5 Å². The molecule has 2 aliphatic rings. The summed E-state index contributed by atoms with van der Waals surface area (Å²) >= 11 is 0. The normalized spacial score (nSPS) is 17.5. The molecule has 3 heterocycles. The van der Waals surface area contributed by atoms with E-state index >= 15 is 0 Å². The van der Waals surface area contributed by atoms with Gasteiger partial charge in [-0.1, -0.05) is 0 Å². The molecule has 1 N–H and O–H groups in total. The summed E-state index contributed by atoms with van der Waals surface area (Å²) in [6.45, 7) is 8.12. The number of anilines is 1. The molecule has 0 radical (unpaired) electrons. The third kappa shape index (κ3) is 3.06. The quantitative estimate of drug-likeness (QED) is 0.637. The Bertz CT molecular complexity index is 1080. The molecular weight excluding hydrogens is 374 g/mol. The zero-order chi connectivity index (χ0) is 20.9. The van der Waals surface area contributed by atoms with Gasteiger partial charge in [-0.25, -0.2) is 9.69 Å². The van der Waals surface area contributed by atoms with Crippen molar-refractivity contribution in [2.24, 2.45) is 0 Å². The van der Waals surface area contributed by atoms with Crippen molar-refractivity contribution < 1.29 is 23.9 Å². The fraction of sp³-hybridized carbons (Fsp3) is 0.286. The van der Waals surface area contributed by atoms with Crippen LogP contribution in [-0.2, 0) is 9.59 Å². The van der Waals surface area contributed by atoms with Gasteiger partial charge < -0.3 is 14.0 Å². The SMILES string of the molecule is Cc1cc(/C=C2\C(=O)NC(=O)N(c3ccc4c(c3)OCO4)C2=O)c(C)n1C(C)C. The summed E-state index contributed by atoms with van der Waals surface area (Å²) in [5.74, 6) is -0.434. The number of urea groups is 1. The Kier molecular flexibility index (Phi) is 4.41. The number of fused-ring (bicyclic) bond motifs is 1. The van der Waals surface area contributed by atoms with E-state index in [0.717, 1.165) is 21.9 Å². The van der Waals surface area contributed by atoms with Crippen molar-refractivity contribution >= 4 is 29.6 Å². The summed E-state index contributed by atoms with van der Waals surface area (Å²) in [7, 11) is 0. The van der Waals surface area contributed by atoms with Crippen molar-refractivity contribution in [3.05, 3.63) is 46.8 Å². The smallest absolute Gasteiger partial charge is 0.335 e. The van der Waals surface area contributed by atoms with Gasteiger partial charge in [0.1, 0.15) is 5.57 Å². The van der Waals surface area contributed by atoms with E-state index in [2.05, 4.69) is 23.7 Å². The molecule has 1 aromatic carbocycles. The maximum Gasteiger partial charge on any atom is 0.335 e. The van der Waals surface area contributed by atoms with E-state index in [1.165, 1.54) is 12.1 Å². The van der Waals surface area contributed by atoms with Gasteiger partial charge in [-0.15, -0.1) is 0 Å². The van der Waals surface area contributed by atoms with Crippen LogP contribution < -0.4 is 19.7 Å². The highest BCUT2D eigenvalue weighted by molar-refractivity contribution is 6.39. The van der Waals surface area contributed by atoms with Gasteiger partial charge in [0.15, 0.2) is 11.5 Å². The number of nitrogens with one attached hydrogen (secondary N) is 1. The molecule has 2 aromatic rings. The fourth-order valence-corrected chi connectivity index (χ4v) is 3.82. The van der Waals surface area contributed by atoms with Crippen molar-refractivity contribution in [2.75, 3.05) is 11.7 Å². The van der Waals surface area contributed by atoms with Gasteiger partial charge >= 0.3 is 6.03 Å². The minimum absolute atomic E-state index is 0.0774. The molecule has 8 nitrogen and oxygen atoms in total. The van der Waals surface area contributed by atoms with Crippen LogP contribution in [0.1, 0.15) is 36.8 Å². The average Bonchev–Trinajstić information content (AvgIpc) is 3.22. The summed E-state index contributed by atoms with van der Waals surface area (Å²) in [4.78, 5) is 38.8. The molecule has 8 heteroatoms. The second-order valence-corrected chi connectivity index (χ2v) is 7.29. The zero-order valence-corrected chi connectivity index (χ0v) is 16.6. The van der Waals surface area contributed by atoms with Gasteiger partial charge in [0.05, 0.1) is 5.69 Å². The maximum atomic E-state index is 13.1. The van der Waals surface area contributed by atoms with Gasteiger partial charge in [0, 0.05) is 23.5 Å². The Morgan fingerprint density at radius 2 is 1.79 bits per heavy atom. The number of aromatic nitrogens is 1. The minimum Gasteiger partial charge on any atom is -0.454 e. The molecule has 2 aliphatic heterocycles. The van der Waals surface area contributed by atoms with Crippen LogP contribution in [-0.4, -0.2) is 29.2 Å². The number of barbiturate groups is 1. The number of rotatable bonds is 3. The highest BCUT2D eigenvalue weighted by atomic mass is 16.7. The van der Waals surface area contributed by atoms with Gasteiger partial charge in [-0.3, -0.25) is 14.9 Å². The second kappa shape index (κ2) is 6.80. The number of ether oxygens (including phenoxy) is 2. The molecule has 29 heavy (non-hydrogen) atoms. The number of nitrogens with zero attached hydrogens (tertiary/aromatic N) is 2. The lowest BCUT2D eigenvalue weighted by molar-refractivity contribution is -0.122. The summed E-state index contributed by atoms with van der Waals surface area (Å²) in [6, 6.07) is 6.09. The monoisotopic (exact) mass is 395 g/mol. The highest BCUT2D eigenvalue weighted by Crippen LogP contribution is 2.36. The van der Waals surface area contributed by atoms with Crippen LogP contribution in [0, 0.1) is 13.8 Å². The van der Waals surface area contributed by atoms with E-state index in [1.54, 1.807) is 12.1 Å². The van der Waals surface area contributed by atoms with Crippen LogP contribution in [0.25, 0.3) is 6.08 Å². The molecule has 0 saturated carbocycles. The van der Waals surface area contributed by atoms with E-state index in [9.17, 15) is 14.4 Å². The fourth-order valence-electron chi connectivity index (χ4n) is 3.82. The van der Waals surface area contributed by atoms with Crippen molar-refractivity contribution in [1.29, 1.82) is 0 Å². The molecule has 0 atom stereocenters. The molecule has 1 saturated heterocycles. The van der Waals surface area contributed by atoms with E-state index < -0.39 is 17.8 Å². The molecule has 4 amide bonds. The molecule has 0 spiro atoms. The van der Waals surface area contributed by atoms with Gasteiger partial charge in [0.25, 0.3) is 11.8 Å². The molecule has 1 fully saturated rings. The van der Waals surface area contributed by atoms with Crippen LogP contribution in [0.15, 0.2) is 29.8 Å². The van der Waals surface area contributed by atoms with E-state index in [-0.39, 0.29) is 18.4 Å². The number of amides is 4. The predicted molar refractivity (Wildman–Crippen MR) is 106 cm³/mol. The minimum atomic E-state index is -0.802. The van der Waals surface area contributed by atoms with Crippen LogP contribution in [0.4, 0.5) is 10.5 Å². The number of hydrogen-bond acceptors (Lipinski definition) is 5. The van der Waals surface area contributed by atoms with Crippen molar-refractivity contribution in [1.82, 2.24) is 9.88 Å².